The van der Waals surface area contributed by atoms with E-state index in [1.807, 2.05) is 30.3 Å². The molecule has 2 aromatic carbocycles. The maximum absolute atomic E-state index is 12.0. The van der Waals surface area contributed by atoms with E-state index < -0.39 is 15.9 Å². The van der Waals surface area contributed by atoms with Crippen LogP contribution < -0.4 is 0 Å². The molecule has 1 unspecified atom stereocenters. The summed E-state index contributed by atoms with van der Waals surface area (Å²) in [6.45, 7) is 0. The molecule has 2 aromatic rings. The highest BCUT2D eigenvalue weighted by Gasteiger charge is 2.10. The van der Waals surface area contributed by atoms with Crippen molar-refractivity contribution in [3.63, 3.8) is 0 Å². The Labute approximate surface area is 119 Å². The number of sulfone groups is 1. The molecule has 0 aliphatic heterocycles. The highest BCUT2D eigenvalue weighted by atomic mass is 32.2. The van der Waals surface area contributed by atoms with Gasteiger partial charge >= 0.3 is 0 Å². The summed E-state index contributed by atoms with van der Waals surface area (Å²) in [4.78, 5) is 0.255. The van der Waals surface area contributed by atoms with E-state index >= 15 is 0 Å². The van der Waals surface area contributed by atoms with Crippen molar-refractivity contribution < 1.29 is 13.5 Å². The number of aliphatic hydroxyl groups is 1. The molecule has 0 saturated carbocycles. The number of hydrogen-bond donors (Lipinski definition) is 1. The summed E-state index contributed by atoms with van der Waals surface area (Å²) < 4.78 is 24.0. The van der Waals surface area contributed by atoms with Crippen molar-refractivity contribution in [2.24, 2.45) is 0 Å². The lowest BCUT2D eigenvalue weighted by atomic mass is 10.1. The average Bonchev–Trinajstić information content (AvgIpc) is 2.49. The van der Waals surface area contributed by atoms with Crippen molar-refractivity contribution in [2.75, 3.05) is 0 Å². The lowest BCUT2D eigenvalue weighted by Gasteiger charge is -2.07. The first kappa shape index (κ1) is 14.5. The number of benzene rings is 2. The second-order valence-electron chi connectivity index (χ2n) is 4.39. The molecule has 104 valence electrons. The van der Waals surface area contributed by atoms with Crippen molar-refractivity contribution in [3.8, 4) is 0 Å². The molecule has 0 aliphatic rings. The molecule has 1 N–H and O–H groups in total. The maximum atomic E-state index is 12.0. The monoisotopic (exact) mass is 288 g/mol. The van der Waals surface area contributed by atoms with Crippen LogP contribution >= 0.6 is 0 Å². The molecule has 0 aliphatic carbocycles. The van der Waals surface area contributed by atoms with Crippen LogP contribution in [0.15, 0.2) is 77.0 Å². The van der Waals surface area contributed by atoms with E-state index in [0.717, 1.165) is 11.0 Å². The quantitative estimate of drug-likeness (QED) is 0.919. The van der Waals surface area contributed by atoms with Gasteiger partial charge in [-0.3, -0.25) is 0 Å². The van der Waals surface area contributed by atoms with Gasteiger partial charge in [0.2, 0.25) is 0 Å². The van der Waals surface area contributed by atoms with Gasteiger partial charge in [-0.15, -0.1) is 0 Å². The van der Waals surface area contributed by atoms with Crippen LogP contribution in [0, 0.1) is 0 Å². The molecule has 20 heavy (non-hydrogen) atoms. The molecule has 0 radical (unpaired) electrons. The van der Waals surface area contributed by atoms with Crippen LogP contribution in [0.25, 0.3) is 0 Å². The highest BCUT2D eigenvalue weighted by Crippen LogP contribution is 2.18. The minimum absolute atomic E-state index is 0.255. The first-order valence-electron chi connectivity index (χ1n) is 6.29. The van der Waals surface area contributed by atoms with Crippen molar-refractivity contribution in [1.82, 2.24) is 0 Å². The number of hydrogen-bond acceptors (Lipinski definition) is 3. The third kappa shape index (κ3) is 3.79. The second kappa shape index (κ2) is 6.50. The fourth-order valence-corrected chi connectivity index (χ4v) is 2.87. The average molecular weight is 288 g/mol. The molecule has 4 heteroatoms. The summed E-state index contributed by atoms with van der Waals surface area (Å²) in [5.74, 6) is 0. The largest absolute Gasteiger partial charge is 0.388 e. The lowest BCUT2D eigenvalue weighted by molar-refractivity contribution is 0.181. The Morgan fingerprint density at radius 2 is 1.50 bits per heavy atom. The zero-order valence-electron chi connectivity index (χ0n) is 10.9. The zero-order valence-corrected chi connectivity index (χ0v) is 11.7. The SMILES string of the molecule is O=S(=O)(/C=C/CC(O)c1ccccc1)c1ccccc1. The molecule has 0 bridgehead atoms. The minimum Gasteiger partial charge on any atom is -0.388 e. The Bertz CT molecular complexity index is 661. The van der Waals surface area contributed by atoms with Crippen LogP contribution in [0.3, 0.4) is 0 Å². The summed E-state index contributed by atoms with van der Waals surface area (Å²) in [7, 11) is -3.43. The van der Waals surface area contributed by atoms with Crippen LogP contribution in [-0.4, -0.2) is 13.5 Å². The summed E-state index contributed by atoms with van der Waals surface area (Å²) in [5.41, 5.74) is 0.772. The fourth-order valence-electron chi connectivity index (χ4n) is 1.81. The molecule has 0 amide bonds. The van der Waals surface area contributed by atoms with Crippen LogP contribution in [0.4, 0.5) is 0 Å². The predicted molar refractivity (Wildman–Crippen MR) is 78.8 cm³/mol. The first-order chi connectivity index (χ1) is 9.59. The molecule has 0 aromatic heterocycles. The Morgan fingerprint density at radius 3 is 2.10 bits per heavy atom. The molecule has 3 nitrogen and oxygen atoms in total. The molecule has 0 spiro atoms. The number of rotatable bonds is 5. The normalized spacial score (nSPS) is 13.4. The second-order valence-corrected chi connectivity index (χ2v) is 6.23. The highest BCUT2D eigenvalue weighted by molar-refractivity contribution is 7.94. The van der Waals surface area contributed by atoms with Crippen molar-refractivity contribution in [3.05, 3.63) is 77.7 Å². The van der Waals surface area contributed by atoms with E-state index in [1.54, 1.807) is 30.3 Å². The van der Waals surface area contributed by atoms with Gasteiger partial charge < -0.3 is 5.11 Å². The van der Waals surface area contributed by atoms with Gasteiger partial charge in [-0.2, -0.15) is 0 Å². The Hall–Kier alpha value is -1.91. The molecule has 0 heterocycles. The Kier molecular flexibility index (Phi) is 4.71. The molecule has 0 fully saturated rings. The van der Waals surface area contributed by atoms with E-state index in [2.05, 4.69) is 0 Å². The molecule has 2 rings (SSSR count). The summed E-state index contributed by atoms with van der Waals surface area (Å²) in [6, 6.07) is 17.4. The van der Waals surface area contributed by atoms with E-state index in [9.17, 15) is 13.5 Å². The molecule has 1 atom stereocenters. The van der Waals surface area contributed by atoms with Gasteiger partial charge in [-0.1, -0.05) is 54.6 Å². The van der Waals surface area contributed by atoms with Gasteiger partial charge in [0.25, 0.3) is 0 Å². The standard InChI is InChI=1S/C16H16O3S/c17-16(14-8-3-1-4-9-14)12-7-13-20(18,19)15-10-5-2-6-11-15/h1-11,13,16-17H,12H2/b13-7+. The van der Waals surface area contributed by atoms with E-state index in [1.165, 1.54) is 6.08 Å². The van der Waals surface area contributed by atoms with Crippen molar-refractivity contribution in [2.45, 2.75) is 17.4 Å². The van der Waals surface area contributed by atoms with Gasteiger partial charge in [-0.05, 0) is 24.1 Å². The van der Waals surface area contributed by atoms with Gasteiger partial charge in [0.15, 0.2) is 9.84 Å². The fraction of sp³-hybridized carbons (Fsp3) is 0.125. The summed E-state index contributed by atoms with van der Waals surface area (Å²) in [5, 5.41) is 11.1. The molecular formula is C16H16O3S. The summed E-state index contributed by atoms with van der Waals surface area (Å²) in [6.07, 6.45) is 1.05. The van der Waals surface area contributed by atoms with Crippen LogP contribution in [-0.2, 0) is 9.84 Å². The van der Waals surface area contributed by atoms with Crippen LogP contribution in [0.2, 0.25) is 0 Å². The Morgan fingerprint density at radius 1 is 0.950 bits per heavy atom. The van der Waals surface area contributed by atoms with E-state index in [0.29, 0.717) is 0 Å². The molecular weight excluding hydrogens is 272 g/mol. The van der Waals surface area contributed by atoms with E-state index in [-0.39, 0.29) is 11.3 Å². The minimum atomic E-state index is -3.43. The van der Waals surface area contributed by atoms with Gasteiger partial charge in [0.05, 0.1) is 11.0 Å². The topological polar surface area (TPSA) is 54.4 Å². The van der Waals surface area contributed by atoms with Gasteiger partial charge in [0, 0.05) is 5.41 Å². The van der Waals surface area contributed by atoms with Gasteiger partial charge in [-0.25, -0.2) is 8.42 Å². The zero-order chi connectivity index (χ0) is 14.4. The maximum Gasteiger partial charge on any atom is 0.199 e. The predicted octanol–water partition coefficient (Wildman–Crippen LogP) is 3.10. The van der Waals surface area contributed by atoms with Crippen LogP contribution in [0.5, 0.6) is 0 Å². The third-order valence-corrected chi connectivity index (χ3v) is 4.37. The first-order valence-corrected chi connectivity index (χ1v) is 7.84. The number of aliphatic hydroxyl groups excluding tert-OH is 1. The molecule has 0 saturated heterocycles. The smallest absolute Gasteiger partial charge is 0.199 e. The lowest BCUT2D eigenvalue weighted by Crippen LogP contribution is -1.98. The van der Waals surface area contributed by atoms with Gasteiger partial charge in [0.1, 0.15) is 0 Å². The van der Waals surface area contributed by atoms with E-state index in [4.69, 9.17) is 0 Å². The van der Waals surface area contributed by atoms with Crippen LogP contribution in [0.1, 0.15) is 18.1 Å². The third-order valence-electron chi connectivity index (χ3n) is 2.89. The van der Waals surface area contributed by atoms with Crippen molar-refractivity contribution in [1.29, 1.82) is 0 Å². The summed E-state index contributed by atoms with van der Waals surface area (Å²) >= 11 is 0. The van der Waals surface area contributed by atoms with Crippen molar-refractivity contribution >= 4 is 9.84 Å². The Balaban J connectivity index is 2.04.